The number of rotatable bonds is 9. The van der Waals surface area contributed by atoms with E-state index in [9.17, 15) is 9.18 Å². The minimum Gasteiger partial charge on any atom is -0.487 e. The number of anilines is 2. The molecule has 4 rings (SSSR count). The predicted molar refractivity (Wildman–Crippen MR) is 158 cm³/mol. The van der Waals surface area contributed by atoms with Crippen LogP contribution >= 0.6 is 22.9 Å². The first-order valence-corrected chi connectivity index (χ1v) is 14.0. The number of hydrogen-bond acceptors (Lipinski definition) is 7. The summed E-state index contributed by atoms with van der Waals surface area (Å²) in [5.74, 6) is 7.24. The van der Waals surface area contributed by atoms with Gasteiger partial charge in [-0.15, -0.1) is 11.3 Å². The Labute approximate surface area is 242 Å². The predicted octanol–water partition coefficient (Wildman–Crippen LogP) is 7.85. The number of nitrogens with one attached hydrogen (secondary N) is 2. The first kappa shape index (κ1) is 29.1. The Morgan fingerprint density at radius 1 is 1.12 bits per heavy atom. The van der Waals surface area contributed by atoms with Gasteiger partial charge in [-0.2, -0.15) is 0 Å². The number of thiophene rings is 1. The molecule has 0 fully saturated rings. The molecule has 0 aliphatic heterocycles. The Morgan fingerprint density at radius 2 is 1.98 bits per heavy atom. The third kappa shape index (κ3) is 8.83. The zero-order chi connectivity index (χ0) is 28.5. The highest BCUT2D eigenvalue weighted by atomic mass is 35.5. The third-order valence-corrected chi connectivity index (χ3v) is 6.74. The molecule has 2 aromatic heterocycles. The zero-order valence-electron chi connectivity index (χ0n) is 22.5. The van der Waals surface area contributed by atoms with Gasteiger partial charge in [0.1, 0.15) is 30.1 Å². The van der Waals surface area contributed by atoms with Gasteiger partial charge in [0, 0.05) is 18.7 Å². The van der Waals surface area contributed by atoms with Gasteiger partial charge >= 0.3 is 6.09 Å². The highest BCUT2D eigenvalue weighted by Crippen LogP contribution is 2.33. The Hall–Kier alpha value is -3.87. The van der Waals surface area contributed by atoms with Crippen LogP contribution in [-0.2, 0) is 11.3 Å². The van der Waals surface area contributed by atoms with Gasteiger partial charge in [0.25, 0.3) is 0 Å². The number of fused-ring (bicyclic) bond motifs is 1. The minimum atomic E-state index is -0.501. The summed E-state index contributed by atoms with van der Waals surface area (Å²) in [5.41, 5.74) is 1.76. The van der Waals surface area contributed by atoms with Crippen molar-refractivity contribution in [1.82, 2.24) is 15.3 Å². The molecule has 0 aliphatic rings. The average molecular weight is 581 g/mol. The quantitative estimate of drug-likeness (QED) is 0.155. The van der Waals surface area contributed by atoms with E-state index in [0.29, 0.717) is 35.1 Å². The highest BCUT2D eigenvalue weighted by molar-refractivity contribution is 7.20. The topological polar surface area (TPSA) is 85.4 Å². The van der Waals surface area contributed by atoms with Crippen LogP contribution in [0.4, 0.5) is 20.7 Å². The van der Waals surface area contributed by atoms with E-state index in [1.807, 2.05) is 32.9 Å². The van der Waals surface area contributed by atoms with Crippen LogP contribution in [-0.4, -0.2) is 28.2 Å². The molecule has 0 unspecified atom stereocenters. The minimum absolute atomic E-state index is 0.207. The van der Waals surface area contributed by atoms with E-state index in [-0.39, 0.29) is 12.4 Å². The second-order valence-corrected chi connectivity index (χ2v) is 11.4. The molecule has 0 spiro atoms. The summed E-state index contributed by atoms with van der Waals surface area (Å²) < 4.78 is 25.3. The molecular weight excluding hydrogens is 551 g/mol. The van der Waals surface area contributed by atoms with Crippen LogP contribution in [0.25, 0.3) is 10.2 Å². The Balaban J connectivity index is 1.31. The summed E-state index contributed by atoms with van der Waals surface area (Å²) in [5, 5.41) is 6.48. The molecule has 0 aliphatic carbocycles. The van der Waals surface area contributed by atoms with Crippen molar-refractivity contribution >= 4 is 50.8 Å². The van der Waals surface area contributed by atoms with Gasteiger partial charge in [0.2, 0.25) is 0 Å². The first-order chi connectivity index (χ1) is 19.2. The number of halogens is 2. The summed E-state index contributed by atoms with van der Waals surface area (Å²) in [7, 11) is 0. The number of amides is 1. The van der Waals surface area contributed by atoms with Crippen LogP contribution in [0, 0.1) is 17.7 Å². The number of aromatic nitrogens is 2. The first-order valence-electron chi connectivity index (χ1n) is 12.8. The number of hydrogen-bond donors (Lipinski definition) is 2. The lowest BCUT2D eigenvalue weighted by molar-refractivity contribution is 0.0527. The Morgan fingerprint density at radius 3 is 2.75 bits per heavy atom. The number of nitrogens with zero attached hydrogens (tertiary/aromatic N) is 2. The molecule has 2 N–H and O–H groups in total. The van der Waals surface area contributed by atoms with Crippen molar-refractivity contribution in [2.24, 2.45) is 0 Å². The molecule has 0 saturated heterocycles. The molecular formula is C30H30ClFN4O3S. The molecule has 0 atom stereocenters. The maximum absolute atomic E-state index is 13.4. The van der Waals surface area contributed by atoms with Crippen LogP contribution in [0.3, 0.4) is 0 Å². The number of carbonyl (C=O) groups is 1. The second-order valence-electron chi connectivity index (χ2n) is 9.92. The molecule has 10 heteroatoms. The van der Waals surface area contributed by atoms with E-state index in [1.165, 1.54) is 29.8 Å². The van der Waals surface area contributed by atoms with Gasteiger partial charge in [0.15, 0.2) is 5.82 Å². The summed E-state index contributed by atoms with van der Waals surface area (Å²) in [6.45, 7) is 6.27. The van der Waals surface area contributed by atoms with Gasteiger partial charge in [0.05, 0.1) is 20.1 Å². The molecule has 1 amide bonds. The highest BCUT2D eigenvalue weighted by Gasteiger charge is 2.15. The Kier molecular flexibility index (Phi) is 9.80. The van der Waals surface area contributed by atoms with Gasteiger partial charge in [-0.25, -0.2) is 19.2 Å². The van der Waals surface area contributed by atoms with Gasteiger partial charge in [-0.05, 0) is 75.6 Å². The fourth-order valence-corrected chi connectivity index (χ4v) is 4.78. The van der Waals surface area contributed by atoms with Gasteiger partial charge < -0.3 is 20.1 Å². The number of unbranched alkanes of at least 4 members (excludes halogenated alkanes) is 2. The van der Waals surface area contributed by atoms with Crippen molar-refractivity contribution in [2.45, 2.75) is 52.2 Å². The van der Waals surface area contributed by atoms with Gasteiger partial charge in [-0.3, -0.25) is 0 Å². The van der Waals surface area contributed by atoms with Crippen molar-refractivity contribution in [3.8, 4) is 17.6 Å². The Bertz CT molecular complexity index is 1540. The molecule has 0 radical (unpaired) electrons. The van der Waals surface area contributed by atoms with E-state index < -0.39 is 11.7 Å². The van der Waals surface area contributed by atoms with Crippen molar-refractivity contribution in [3.63, 3.8) is 0 Å². The SMILES string of the molecule is CC(C)(C)OC(=O)NCCCCC#Cc1cc2ncnc(Nc3ccc(OCc4cccc(F)c4)c(Cl)c3)c2s1. The van der Waals surface area contributed by atoms with Crippen molar-refractivity contribution in [2.75, 3.05) is 11.9 Å². The van der Waals surface area contributed by atoms with E-state index in [1.54, 1.807) is 24.3 Å². The average Bonchev–Trinajstić information content (AvgIpc) is 3.31. The van der Waals surface area contributed by atoms with E-state index >= 15 is 0 Å². The number of alkyl carbamates (subject to hydrolysis) is 1. The summed E-state index contributed by atoms with van der Waals surface area (Å²) >= 11 is 7.96. The van der Waals surface area contributed by atoms with Gasteiger partial charge in [-0.1, -0.05) is 35.6 Å². The largest absolute Gasteiger partial charge is 0.487 e. The standard InChI is InChI=1S/C30H30ClFN4O3S/c1-30(2,3)39-29(37)33-14-7-5-4-6-11-23-17-25-27(40-23)28(35-19-34-25)36-22-12-13-26(24(31)16-22)38-18-20-9-8-10-21(32)15-20/h8-10,12-13,15-17,19H,4-5,7,14,18H2,1-3H3,(H,33,37)(H,34,35,36). The number of carbonyl (C=O) groups excluding carboxylic acids is 1. The molecule has 2 aromatic carbocycles. The maximum atomic E-state index is 13.4. The summed E-state index contributed by atoms with van der Waals surface area (Å²) in [6, 6.07) is 13.5. The molecule has 4 aromatic rings. The van der Waals surface area contributed by atoms with Crippen LogP contribution in [0.2, 0.25) is 5.02 Å². The van der Waals surface area contributed by atoms with Crippen molar-refractivity contribution in [1.29, 1.82) is 0 Å². The van der Waals surface area contributed by atoms with E-state index in [0.717, 1.165) is 33.6 Å². The van der Waals surface area contributed by atoms with Crippen molar-refractivity contribution in [3.05, 3.63) is 76.1 Å². The maximum Gasteiger partial charge on any atom is 0.407 e. The molecule has 2 heterocycles. The molecule has 40 heavy (non-hydrogen) atoms. The number of ether oxygens (including phenoxy) is 2. The summed E-state index contributed by atoms with van der Waals surface area (Å²) in [4.78, 5) is 21.3. The second kappa shape index (κ2) is 13.5. The molecule has 208 valence electrons. The lowest BCUT2D eigenvalue weighted by atomic mass is 10.2. The van der Waals surface area contributed by atoms with E-state index in [4.69, 9.17) is 21.1 Å². The number of benzene rings is 2. The smallest absolute Gasteiger partial charge is 0.407 e. The molecule has 0 bridgehead atoms. The normalized spacial score (nSPS) is 11.0. The monoisotopic (exact) mass is 580 g/mol. The lowest BCUT2D eigenvalue weighted by Crippen LogP contribution is -2.32. The molecule has 7 nitrogen and oxygen atoms in total. The summed E-state index contributed by atoms with van der Waals surface area (Å²) in [6.07, 6.45) is 3.50. The van der Waals surface area contributed by atoms with Crippen LogP contribution in [0.1, 0.15) is 50.5 Å². The van der Waals surface area contributed by atoms with Crippen molar-refractivity contribution < 1.29 is 18.7 Å². The fourth-order valence-electron chi connectivity index (χ4n) is 3.62. The zero-order valence-corrected chi connectivity index (χ0v) is 24.1. The third-order valence-electron chi connectivity index (χ3n) is 5.40. The van der Waals surface area contributed by atoms with E-state index in [2.05, 4.69) is 32.4 Å². The van der Waals surface area contributed by atoms with Crippen LogP contribution < -0.4 is 15.4 Å². The lowest BCUT2D eigenvalue weighted by Gasteiger charge is -2.19. The molecule has 0 saturated carbocycles. The fraction of sp³-hybridized carbons (Fsp3) is 0.300. The van der Waals surface area contributed by atoms with Crippen LogP contribution in [0.15, 0.2) is 54.9 Å². The van der Waals surface area contributed by atoms with Crippen LogP contribution in [0.5, 0.6) is 5.75 Å².